The molecule has 5 heteroatoms. The quantitative estimate of drug-likeness (QED) is 0.592. The van der Waals surface area contributed by atoms with Crippen LogP contribution in [0.5, 0.6) is 0 Å². The van der Waals surface area contributed by atoms with Gasteiger partial charge in [-0.1, -0.05) is 23.7 Å². The van der Waals surface area contributed by atoms with E-state index in [1.54, 1.807) is 30.3 Å². The zero-order chi connectivity index (χ0) is 11.5. The van der Waals surface area contributed by atoms with E-state index in [1.165, 1.54) is 12.3 Å². The third-order valence-corrected chi connectivity index (χ3v) is 2.36. The summed E-state index contributed by atoms with van der Waals surface area (Å²) < 4.78 is 0. The van der Waals surface area contributed by atoms with E-state index in [0.717, 1.165) is 11.1 Å². The highest BCUT2D eigenvalue weighted by molar-refractivity contribution is 6.30. The molecule has 0 amide bonds. The minimum absolute atomic E-state index is 0.160. The summed E-state index contributed by atoms with van der Waals surface area (Å²) in [4.78, 5) is 13.7. The molecule has 4 nitrogen and oxygen atoms in total. The summed E-state index contributed by atoms with van der Waals surface area (Å²) in [6.07, 6.45) is 1.42. The first-order valence-corrected chi connectivity index (χ1v) is 4.91. The summed E-state index contributed by atoms with van der Waals surface area (Å²) in [7, 11) is 0. The molecule has 1 aromatic heterocycles. The lowest BCUT2D eigenvalue weighted by Crippen LogP contribution is -1.91. The lowest BCUT2D eigenvalue weighted by atomic mass is 10.1. The Labute approximate surface area is 96.7 Å². The van der Waals surface area contributed by atoms with E-state index in [9.17, 15) is 10.1 Å². The number of benzene rings is 1. The molecule has 0 spiro atoms. The molecule has 2 aromatic rings. The minimum atomic E-state index is -0.514. The van der Waals surface area contributed by atoms with Gasteiger partial charge in [-0.2, -0.15) is 0 Å². The Kier molecular flexibility index (Phi) is 2.83. The fourth-order valence-corrected chi connectivity index (χ4v) is 1.47. The van der Waals surface area contributed by atoms with Crippen molar-refractivity contribution in [2.24, 2.45) is 0 Å². The number of nitro groups is 1. The van der Waals surface area contributed by atoms with Crippen LogP contribution < -0.4 is 0 Å². The molecule has 0 unspecified atom stereocenters. The largest absolute Gasteiger partial charge is 0.364 e. The van der Waals surface area contributed by atoms with Crippen molar-refractivity contribution in [1.82, 2.24) is 4.98 Å². The van der Waals surface area contributed by atoms with E-state index >= 15 is 0 Å². The van der Waals surface area contributed by atoms with Crippen molar-refractivity contribution in [3.05, 3.63) is 57.7 Å². The average molecular weight is 235 g/mol. The molecule has 80 valence electrons. The van der Waals surface area contributed by atoms with E-state index in [2.05, 4.69) is 4.98 Å². The Hall–Kier alpha value is -1.94. The van der Waals surface area contributed by atoms with E-state index in [1.807, 2.05) is 0 Å². The Balaban J connectivity index is 2.44. The maximum atomic E-state index is 10.6. The smallest absolute Gasteiger partial charge is 0.358 e. The molecule has 0 aliphatic carbocycles. The van der Waals surface area contributed by atoms with Gasteiger partial charge in [-0.15, -0.1) is 0 Å². The Morgan fingerprint density at radius 1 is 1.12 bits per heavy atom. The fourth-order valence-electron chi connectivity index (χ4n) is 1.34. The van der Waals surface area contributed by atoms with Gasteiger partial charge in [0.25, 0.3) is 0 Å². The number of hydrogen-bond acceptors (Lipinski definition) is 3. The lowest BCUT2D eigenvalue weighted by molar-refractivity contribution is -0.389. The Morgan fingerprint density at radius 2 is 1.81 bits per heavy atom. The van der Waals surface area contributed by atoms with Crippen LogP contribution in [0.25, 0.3) is 11.1 Å². The van der Waals surface area contributed by atoms with Gasteiger partial charge in [-0.05, 0) is 39.2 Å². The fraction of sp³-hybridized carbons (Fsp3) is 0. The van der Waals surface area contributed by atoms with Crippen LogP contribution in [0.3, 0.4) is 0 Å². The number of aromatic nitrogens is 1. The second-order valence-corrected chi connectivity index (χ2v) is 3.60. The predicted octanol–water partition coefficient (Wildman–Crippen LogP) is 3.31. The molecule has 2 rings (SSSR count). The molecule has 1 heterocycles. The van der Waals surface area contributed by atoms with Gasteiger partial charge in [0.05, 0.1) is 0 Å². The van der Waals surface area contributed by atoms with Crippen LogP contribution in [-0.2, 0) is 0 Å². The molecule has 0 N–H and O–H groups in total. The number of rotatable bonds is 2. The summed E-state index contributed by atoms with van der Waals surface area (Å²) in [6, 6.07) is 10.2. The van der Waals surface area contributed by atoms with Crippen LogP contribution in [0.2, 0.25) is 5.02 Å². The van der Waals surface area contributed by atoms with Crippen LogP contribution in [0.1, 0.15) is 0 Å². The van der Waals surface area contributed by atoms with Crippen LogP contribution >= 0.6 is 11.6 Å². The van der Waals surface area contributed by atoms with Crippen molar-refractivity contribution in [3.8, 4) is 11.1 Å². The van der Waals surface area contributed by atoms with Gasteiger partial charge in [0.2, 0.25) is 0 Å². The molecule has 0 aliphatic rings. The van der Waals surface area contributed by atoms with Crippen LogP contribution in [0.15, 0.2) is 42.6 Å². The van der Waals surface area contributed by atoms with E-state index in [4.69, 9.17) is 11.6 Å². The zero-order valence-corrected chi connectivity index (χ0v) is 8.89. The molecule has 0 saturated heterocycles. The van der Waals surface area contributed by atoms with Crippen molar-refractivity contribution in [3.63, 3.8) is 0 Å². The predicted molar refractivity (Wildman–Crippen MR) is 61.3 cm³/mol. The van der Waals surface area contributed by atoms with E-state index in [0.29, 0.717) is 5.02 Å². The normalized spacial score (nSPS) is 10.1. The number of halogens is 1. The molecule has 0 radical (unpaired) electrons. The van der Waals surface area contributed by atoms with Crippen molar-refractivity contribution >= 4 is 17.4 Å². The van der Waals surface area contributed by atoms with Gasteiger partial charge in [-0.3, -0.25) is 0 Å². The van der Waals surface area contributed by atoms with Crippen molar-refractivity contribution in [2.45, 2.75) is 0 Å². The molecule has 0 bridgehead atoms. The molecule has 16 heavy (non-hydrogen) atoms. The monoisotopic (exact) mass is 234 g/mol. The van der Waals surface area contributed by atoms with E-state index < -0.39 is 4.92 Å². The standard InChI is InChI=1S/C11H7ClN2O2/c12-10-3-1-8(2-4-10)9-5-6-13-11(7-9)14(15)16/h1-7H. The van der Waals surface area contributed by atoms with E-state index in [-0.39, 0.29) is 5.82 Å². The van der Waals surface area contributed by atoms with Crippen molar-refractivity contribution in [2.75, 3.05) is 0 Å². The third-order valence-electron chi connectivity index (χ3n) is 2.11. The Morgan fingerprint density at radius 3 is 2.44 bits per heavy atom. The average Bonchev–Trinajstić information content (AvgIpc) is 2.30. The maximum Gasteiger partial charge on any atom is 0.364 e. The molecule has 0 aliphatic heterocycles. The first kappa shape index (κ1) is 10.6. The van der Waals surface area contributed by atoms with Gasteiger partial charge >= 0.3 is 5.82 Å². The number of hydrogen-bond donors (Lipinski definition) is 0. The minimum Gasteiger partial charge on any atom is -0.358 e. The van der Waals surface area contributed by atoms with Crippen molar-refractivity contribution in [1.29, 1.82) is 0 Å². The van der Waals surface area contributed by atoms with Gasteiger partial charge < -0.3 is 10.1 Å². The lowest BCUT2D eigenvalue weighted by Gasteiger charge is -2.00. The molecule has 0 fully saturated rings. The summed E-state index contributed by atoms with van der Waals surface area (Å²) in [5.74, 6) is -0.160. The first-order chi connectivity index (χ1) is 7.66. The van der Waals surface area contributed by atoms with Gasteiger partial charge in [0.15, 0.2) is 0 Å². The highest BCUT2D eigenvalue weighted by Gasteiger charge is 2.08. The second kappa shape index (κ2) is 4.28. The molecule has 0 atom stereocenters. The Bertz CT molecular complexity index is 526. The second-order valence-electron chi connectivity index (χ2n) is 3.17. The van der Waals surface area contributed by atoms with Gasteiger partial charge in [0, 0.05) is 11.1 Å². The topological polar surface area (TPSA) is 56.0 Å². The first-order valence-electron chi connectivity index (χ1n) is 4.53. The summed E-state index contributed by atoms with van der Waals surface area (Å²) in [5, 5.41) is 11.2. The molecule has 0 saturated carbocycles. The van der Waals surface area contributed by atoms with Crippen molar-refractivity contribution < 1.29 is 4.92 Å². The summed E-state index contributed by atoms with van der Waals surface area (Å²) in [6.45, 7) is 0. The molecule has 1 aromatic carbocycles. The summed E-state index contributed by atoms with van der Waals surface area (Å²) >= 11 is 5.76. The number of nitrogens with zero attached hydrogens (tertiary/aromatic N) is 2. The van der Waals surface area contributed by atoms with Crippen LogP contribution in [-0.4, -0.2) is 9.91 Å². The summed E-state index contributed by atoms with van der Waals surface area (Å²) in [5.41, 5.74) is 1.62. The number of pyridine rings is 1. The SMILES string of the molecule is O=[N+]([O-])c1cc(-c2ccc(Cl)cc2)ccn1. The highest BCUT2D eigenvalue weighted by Crippen LogP contribution is 2.23. The van der Waals surface area contributed by atoms with Crippen LogP contribution in [0.4, 0.5) is 5.82 Å². The van der Waals surface area contributed by atoms with Gasteiger partial charge in [0.1, 0.15) is 6.20 Å². The molecular weight excluding hydrogens is 228 g/mol. The maximum absolute atomic E-state index is 10.6. The zero-order valence-electron chi connectivity index (χ0n) is 8.13. The van der Waals surface area contributed by atoms with Crippen LogP contribution in [0, 0.1) is 10.1 Å². The van der Waals surface area contributed by atoms with Gasteiger partial charge in [-0.25, -0.2) is 0 Å². The molecular formula is C11H7ClN2O2. The third kappa shape index (κ3) is 2.17. The highest BCUT2D eigenvalue weighted by atomic mass is 35.5.